The van der Waals surface area contributed by atoms with E-state index in [4.69, 9.17) is 15.2 Å². The SMILES string of the molecule is CCOC(C)(C)C=C(C#N)C(=O)NC(C)Cn1nc(-c2ccc(Oc3ccccc3)cc2F)c2c(N)ncnc21. The molecular weight excluding hydrogens is 513 g/mol. The Balaban J connectivity index is 1.60. The molecule has 0 fully saturated rings. The van der Waals surface area contributed by atoms with E-state index in [2.05, 4.69) is 20.4 Å². The molecule has 0 saturated heterocycles. The maximum atomic E-state index is 15.3. The molecule has 1 unspecified atom stereocenters. The van der Waals surface area contributed by atoms with Crippen LogP contribution in [0.2, 0.25) is 0 Å². The number of carbonyl (C=O) groups excluding carboxylic acids is 1. The predicted octanol–water partition coefficient (Wildman–Crippen LogP) is 4.78. The molecule has 4 rings (SSSR count). The molecule has 0 saturated carbocycles. The maximum Gasteiger partial charge on any atom is 0.261 e. The standard InChI is InChI=1S/C29H30FN7O3/c1-5-39-29(3,4)14-19(15-31)28(38)35-18(2)16-37-27-24(26(32)33-17-34-27)25(36-37)22-12-11-21(13-23(22)30)40-20-9-7-6-8-10-20/h6-14,17-18H,5,16H2,1-4H3,(H,35,38)(H2,32,33,34). The van der Waals surface area contributed by atoms with Gasteiger partial charge in [0.2, 0.25) is 0 Å². The van der Waals surface area contributed by atoms with E-state index in [-0.39, 0.29) is 29.2 Å². The normalized spacial score (nSPS) is 12.7. The lowest BCUT2D eigenvalue weighted by atomic mass is 10.0. The number of hydrogen-bond acceptors (Lipinski definition) is 8. The molecular formula is C29H30FN7O3. The highest BCUT2D eigenvalue weighted by Crippen LogP contribution is 2.34. The lowest BCUT2D eigenvalue weighted by Gasteiger charge is -2.21. The molecule has 3 N–H and O–H groups in total. The smallest absolute Gasteiger partial charge is 0.261 e. The molecule has 0 aliphatic rings. The van der Waals surface area contributed by atoms with Gasteiger partial charge >= 0.3 is 0 Å². The van der Waals surface area contributed by atoms with Crippen molar-refractivity contribution >= 4 is 22.8 Å². The van der Waals surface area contributed by atoms with E-state index >= 15 is 4.39 Å². The molecule has 1 amide bonds. The van der Waals surface area contributed by atoms with Gasteiger partial charge in [-0.1, -0.05) is 18.2 Å². The number of rotatable bonds is 10. The van der Waals surface area contributed by atoms with E-state index in [1.807, 2.05) is 31.2 Å². The minimum Gasteiger partial charge on any atom is -0.457 e. The molecule has 11 heteroatoms. The molecule has 1 atom stereocenters. The highest BCUT2D eigenvalue weighted by molar-refractivity contribution is 5.99. The third-order valence-electron chi connectivity index (χ3n) is 5.93. The Morgan fingerprint density at radius 3 is 2.65 bits per heavy atom. The lowest BCUT2D eigenvalue weighted by Crippen LogP contribution is -2.37. The summed E-state index contributed by atoms with van der Waals surface area (Å²) in [6.45, 7) is 7.74. The molecule has 0 aliphatic carbocycles. The molecule has 0 spiro atoms. The van der Waals surface area contributed by atoms with Crippen LogP contribution in [0.25, 0.3) is 22.3 Å². The van der Waals surface area contributed by atoms with Crippen molar-refractivity contribution in [1.29, 1.82) is 5.26 Å². The van der Waals surface area contributed by atoms with Gasteiger partial charge in [0.25, 0.3) is 5.91 Å². The average molecular weight is 544 g/mol. The number of hydrogen-bond donors (Lipinski definition) is 2. The van der Waals surface area contributed by atoms with Gasteiger partial charge in [0.05, 0.1) is 17.5 Å². The number of nitriles is 1. The zero-order chi connectivity index (χ0) is 28.9. The Labute approximate surface area is 231 Å². The number of anilines is 1. The number of carbonyl (C=O) groups is 1. The van der Waals surface area contributed by atoms with Crippen molar-refractivity contribution < 1.29 is 18.7 Å². The van der Waals surface area contributed by atoms with Crippen LogP contribution in [0.4, 0.5) is 10.2 Å². The largest absolute Gasteiger partial charge is 0.457 e. The number of amides is 1. The Hall–Kier alpha value is -4.82. The summed E-state index contributed by atoms with van der Waals surface area (Å²) in [5.41, 5.74) is 6.14. The second-order valence-electron chi connectivity index (χ2n) is 9.63. The van der Waals surface area contributed by atoms with Gasteiger partial charge in [-0.2, -0.15) is 10.4 Å². The number of nitrogens with zero attached hydrogens (tertiary/aromatic N) is 5. The summed E-state index contributed by atoms with van der Waals surface area (Å²) in [5.74, 6) is -0.0710. The third kappa shape index (κ3) is 6.42. The monoisotopic (exact) mass is 543 g/mol. The first-order chi connectivity index (χ1) is 19.1. The van der Waals surface area contributed by atoms with Crippen molar-refractivity contribution in [3.05, 3.63) is 72.3 Å². The number of nitrogens with two attached hydrogens (primary N) is 1. The maximum absolute atomic E-state index is 15.3. The van der Waals surface area contributed by atoms with Crippen molar-refractivity contribution in [1.82, 2.24) is 25.1 Å². The molecule has 2 aromatic heterocycles. The minimum absolute atomic E-state index is 0.0669. The summed E-state index contributed by atoms with van der Waals surface area (Å²) in [4.78, 5) is 21.2. The van der Waals surface area contributed by atoms with Gasteiger partial charge in [0.1, 0.15) is 46.8 Å². The van der Waals surface area contributed by atoms with Crippen molar-refractivity contribution in [2.24, 2.45) is 0 Å². The predicted molar refractivity (Wildman–Crippen MR) is 149 cm³/mol. The van der Waals surface area contributed by atoms with Crippen LogP contribution in [0.5, 0.6) is 11.5 Å². The number of ether oxygens (including phenoxy) is 2. The van der Waals surface area contributed by atoms with Crippen LogP contribution >= 0.6 is 0 Å². The Kier molecular flexibility index (Phi) is 8.40. The summed E-state index contributed by atoms with van der Waals surface area (Å²) in [6.07, 6.45) is 2.78. The summed E-state index contributed by atoms with van der Waals surface area (Å²) < 4.78 is 28.2. The zero-order valence-electron chi connectivity index (χ0n) is 22.7. The number of benzene rings is 2. The average Bonchev–Trinajstić information content (AvgIpc) is 3.26. The van der Waals surface area contributed by atoms with Crippen molar-refractivity contribution in [3.8, 4) is 28.8 Å². The molecule has 0 radical (unpaired) electrons. The van der Waals surface area contributed by atoms with E-state index < -0.39 is 23.4 Å². The molecule has 4 aromatic rings. The van der Waals surface area contributed by atoms with Gasteiger partial charge in [0.15, 0.2) is 5.65 Å². The third-order valence-corrected chi connectivity index (χ3v) is 5.93. The van der Waals surface area contributed by atoms with E-state index in [1.165, 1.54) is 23.2 Å². The lowest BCUT2D eigenvalue weighted by molar-refractivity contribution is -0.117. The first-order valence-electron chi connectivity index (χ1n) is 12.7. The number of aromatic nitrogens is 4. The summed E-state index contributed by atoms with van der Waals surface area (Å²) in [6, 6.07) is 15.0. The fourth-order valence-corrected chi connectivity index (χ4v) is 4.24. The van der Waals surface area contributed by atoms with E-state index in [9.17, 15) is 10.1 Å². The van der Waals surface area contributed by atoms with Gasteiger partial charge in [-0.15, -0.1) is 0 Å². The second kappa shape index (κ2) is 11.9. The van der Waals surface area contributed by atoms with Crippen molar-refractivity contribution in [3.63, 3.8) is 0 Å². The van der Waals surface area contributed by atoms with Gasteiger partial charge in [-0.25, -0.2) is 19.0 Å². The Morgan fingerprint density at radius 2 is 1.98 bits per heavy atom. The number of para-hydroxylation sites is 1. The van der Waals surface area contributed by atoms with Crippen LogP contribution in [0.1, 0.15) is 27.7 Å². The minimum atomic E-state index is -0.784. The topological polar surface area (TPSA) is 141 Å². The van der Waals surface area contributed by atoms with E-state index in [0.717, 1.165) is 0 Å². The van der Waals surface area contributed by atoms with Crippen LogP contribution < -0.4 is 15.8 Å². The van der Waals surface area contributed by atoms with Crippen molar-refractivity contribution in [2.75, 3.05) is 12.3 Å². The van der Waals surface area contributed by atoms with Gasteiger partial charge in [0, 0.05) is 24.3 Å². The number of fused-ring (bicyclic) bond motifs is 1. The van der Waals surface area contributed by atoms with Gasteiger partial charge in [-0.3, -0.25) is 4.79 Å². The number of nitrogens with one attached hydrogen (secondary N) is 1. The summed E-state index contributed by atoms with van der Waals surface area (Å²) in [7, 11) is 0. The van der Waals surface area contributed by atoms with E-state index in [1.54, 1.807) is 45.0 Å². The highest BCUT2D eigenvalue weighted by atomic mass is 19.1. The zero-order valence-corrected chi connectivity index (χ0v) is 22.7. The summed E-state index contributed by atoms with van der Waals surface area (Å²) in [5, 5.41) is 17.3. The Morgan fingerprint density at radius 1 is 1.23 bits per heavy atom. The fourth-order valence-electron chi connectivity index (χ4n) is 4.24. The quantitative estimate of drug-likeness (QED) is 0.215. The van der Waals surface area contributed by atoms with E-state index in [0.29, 0.717) is 29.1 Å². The summed E-state index contributed by atoms with van der Waals surface area (Å²) >= 11 is 0. The number of nitrogen functional groups attached to an aromatic ring is 1. The van der Waals surface area contributed by atoms with Crippen LogP contribution in [-0.4, -0.2) is 43.9 Å². The first kappa shape index (κ1) is 28.2. The molecule has 2 aromatic carbocycles. The van der Waals surface area contributed by atoms with Crippen LogP contribution in [-0.2, 0) is 16.1 Å². The van der Waals surface area contributed by atoms with Crippen LogP contribution in [0.3, 0.4) is 0 Å². The van der Waals surface area contributed by atoms with Crippen molar-refractivity contribution in [2.45, 2.75) is 45.9 Å². The molecule has 40 heavy (non-hydrogen) atoms. The molecule has 0 aliphatic heterocycles. The first-order valence-corrected chi connectivity index (χ1v) is 12.7. The fraction of sp³-hybridized carbons (Fsp3) is 0.276. The second-order valence-corrected chi connectivity index (χ2v) is 9.63. The van der Waals surface area contributed by atoms with Crippen LogP contribution in [0, 0.1) is 17.1 Å². The van der Waals surface area contributed by atoms with Gasteiger partial charge < -0.3 is 20.5 Å². The van der Waals surface area contributed by atoms with Gasteiger partial charge in [-0.05, 0) is 58.0 Å². The molecule has 0 bridgehead atoms. The Bertz CT molecular complexity index is 1590. The molecule has 2 heterocycles. The molecule has 206 valence electrons. The van der Waals surface area contributed by atoms with Crippen LogP contribution in [0.15, 0.2) is 66.5 Å². The number of halogens is 1. The molecule has 10 nitrogen and oxygen atoms in total. The highest BCUT2D eigenvalue weighted by Gasteiger charge is 2.23.